The number of phenolic OH excluding ortho intramolecular Hbond substituents is 1. The third kappa shape index (κ3) is 7.43. The van der Waals surface area contributed by atoms with E-state index < -0.39 is 72.4 Å². The van der Waals surface area contributed by atoms with Gasteiger partial charge in [-0.15, -0.1) is 0 Å². The Morgan fingerprint density at radius 3 is 2.07 bits per heavy atom. The molecule has 0 spiro atoms. The van der Waals surface area contributed by atoms with Gasteiger partial charge in [0.1, 0.15) is 41.4 Å². The Balaban J connectivity index is 1.74. The number of esters is 4. The summed E-state index contributed by atoms with van der Waals surface area (Å²) in [5.74, 6) is -3.70. The Hall–Kier alpha value is -4.62. The van der Waals surface area contributed by atoms with Crippen molar-refractivity contribution in [1.82, 2.24) is 0 Å². The number of hydrogen-bond donors (Lipinski definition) is 1. The van der Waals surface area contributed by atoms with Crippen molar-refractivity contribution in [2.24, 2.45) is 0 Å². The monoisotopic (exact) mass is 618 g/mol. The topological polar surface area (TPSA) is 174 Å². The molecule has 1 fully saturated rings. The van der Waals surface area contributed by atoms with E-state index in [0.717, 1.165) is 33.8 Å². The number of benzene rings is 2. The highest BCUT2D eigenvalue weighted by atomic mass is 35.5. The predicted octanol–water partition coefficient (Wildman–Crippen LogP) is 3.28. The summed E-state index contributed by atoms with van der Waals surface area (Å²) in [7, 11) is 0. The minimum Gasteiger partial charge on any atom is -0.507 e. The van der Waals surface area contributed by atoms with Gasteiger partial charge in [0.05, 0.1) is 5.56 Å². The quantitative estimate of drug-likeness (QED) is 0.288. The number of carbonyl (C=O) groups excluding carboxylic acids is 4. The molecule has 2 aromatic carbocycles. The Kier molecular flexibility index (Phi) is 9.56. The first kappa shape index (κ1) is 31.3. The van der Waals surface area contributed by atoms with Crippen molar-refractivity contribution in [1.29, 1.82) is 0 Å². The maximum absolute atomic E-state index is 13.2. The zero-order valence-electron chi connectivity index (χ0n) is 23.4. The van der Waals surface area contributed by atoms with Gasteiger partial charge in [-0.25, -0.2) is 0 Å². The van der Waals surface area contributed by atoms with Gasteiger partial charge in [0.25, 0.3) is 0 Å². The maximum atomic E-state index is 13.2. The molecule has 5 atom stereocenters. The van der Waals surface area contributed by atoms with Crippen LogP contribution in [0.2, 0.25) is 5.02 Å². The molecule has 4 rings (SSSR count). The smallest absolute Gasteiger partial charge is 0.303 e. The molecule has 1 aliphatic heterocycles. The Morgan fingerprint density at radius 1 is 0.860 bits per heavy atom. The van der Waals surface area contributed by atoms with E-state index in [0.29, 0.717) is 10.6 Å². The van der Waals surface area contributed by atoms with Crippen LogP contribution in [0.15, 0.2) is 51.9 Å². The van der Waals surface area contributed by atoms with E-state index >= 15 is 0 Å². The first-order valence-electron chi connectivity index (χ1n) is 12.9. The minimum absolute atomic E-state index is 0.0525. The second kappa shape index (κ2) is 13.1. The van der Waals surface area contributed by atoms with E-state index in [9.17, 15) is 29.1 Å². The summed E-state index contributed by atoms with van der Waals surface area (Å²) in [6.07, 6.45) is -5.93. The number of aromatic hydroxyl groups is 1. The number of rotatable bonds is 8. The summed E-state index contributed by atoms with van der Waals surface area (Å²) in [4.78, 5) is 60.8. The van der Waals surface area contributed by atoms with Crippen LogP contribution < -0.4 is 10.2 Å². The van der Waals surface area contributed by atoms with Crippen molar-refractivity contribution in [3.05, 3.63) is 57.9 Å². The van der Waals surface area contributed by atoms with Crippen LogP contribution in [0, 0.1) is 0 Å². The molecule has 1 saturated heterocycles. The first-order valence-corrected chi connectivity index (χ1v) is 13.2. The fourth-order valence-corrected chi connectivity index (χ4v) is 4.65. The molecule has 228 valence electrons. The van der Waals surface area contributed by atoms with E-state index in [-0.39, 0.29) is 22.3 Å². The van der Waals surface area contributed by atoms with Gasteiger partial charge >= 0.3 is 23.9 Å². The fourth-order valence-electron chi connectivity index (χ4n) is 4.52. The molecule has 43 heavy (non-hydrogen) atoms. The number of phenols is 1. The lowest BCUT2D eigenvalue weighted by Gasteiger charge is -2.43. The molecule has 0 amide bonds. The molecule has 1 aromatic heterocycles. The third-order valence-electron chi connectivity index (χ3n) is 6.19. The normalized spacial score (nSPS) is 21.5. The van der Waals surface area contributed by atoms with Crippen LogP contribution in [0.1, 0.15) is 27.7 Å². The number of halogens is 1. The lowest BCUT2D eigenvalue weighted by atomic mass is 9.98. The Morgan fingerprint density at radius 2 is 1.47 bits per heavy atom. The zero-order valence-corrected chi connectivity index (χ0v) is 24.1. The Bertz CT molecular complexity index is 1600. The van der Waals surface area contributed by atoms with Gasteiger partial charge in [0, 0.05) is 44.9 Å². The molecule has 0 saturated carbocycles. The highest BCUT2D eigenvalue weighted by Gasteiger charge is 2.53. The van der Waals surface area contributed by atoms with E-state index in [2.05, 4.69) is 0 Å². The first-order chi connectivity index (χ1) is 20.3. The van der Waals surface area contributed by atoms with Gasteiger partial charge in [-0.2, -0.15) is 0 Å². The molecule has 0 unspecified atom stereocenters. The van der Waals surface area contributed by atoms with Gasteiger partial charge in [-0.3, -0.25) is 24.0 Å². The lowest BCUT2D eigenvalue weighted by molar-refractivity contribution is -0.288. The number of fused-ring (bicyclic) bond motifs is 1. The lowest BCUT2D eigenvalue weighted by Crippen LogP contribution is -2.63. The SMILES string of the molecule is CC(=O)OC[C@@H]1O[C@H](Oc2cc(O)c3c(=O)c(-c4ccc(Cl)cc4)coc3c2)[C@@H](OC(C)=O)[C@@H](OC(C)=O)[C@@H]1OC(C)=O. The van der Waals surface area contributed by atoms with Crippen molar-refractivity contribution < 1.29 is 57.1 Å². The highest BCUT2D eigenvalue weighted by Crippen LogP contribution is 2.35. The number of carbonyl (C=O) groups is 4. The summed E-state index contributed by atoms with van der Waals surface area (Å²) in [6.45, 7) is 3.96. The highest BCUT2D eigenvalue weighted by molar-refractivity contribution is 6.30. The standard InChI is InChI=1S/C29H27ClO13/c1-13(31)37-12-23-26(39-14(2)32)27(40-15(3)33)28(41-16(4)34)29(43-23)42-19-9-21(35)24-22(10-19)38-11-20(25(24)36)17-5-7-18(30)8-6-17/h5-11,23,26-29,35H,12H2,1-4H3/t23-,26+,27-,28-,29-/m0/s1. The Labute approximate surface area is 249 Å². The molecule has 0 radical (unpaired) electrons. The van der Waals surface area contributed by atoms with Crippen LogP contribution >= 0.6 is 11.6 Å². The van der Waals surface area contributed by atoms with Gasteiger partial charge in [-0.05, 0) is 17.7 Å². The average molecular weight is 619 g/mol. The molecule has 0 bridgehead atoms. The molecular weight excluding hydrogens is 592 g/mol. The van der Waals surface area contributed by atoms with Crippen LogP contribution in [0.25, 0.3) is 22.1 Å². The molecule has 3 aromatic rings. The largest absolute Gasteiger partial charge is 0.507 e. The van der Waals surface area contributed by atoms with Crippen molar-refractivity contribution in [3.8, 4) is 22.6 Å². The van der Waals surface area contributed by atoms with E-state index in [4.69, 9.17) is 44.4 Å². The molecule has 0 aliphatic carbocycles. The summed E-state index contributed by atoms with van der Waals surface area (Å²) >= 11 is 5.94. The van der Waals surface area contributed by atoms with E-state index in [1.165, 1.54) is 12.3 Å². The van der Waals surface area contributed by atoms with Gasteiger partial charge in [0.15, 0.2) is 12.2 Å². The molecule has 13 nitrogen and oxygen atoms in total. The van der Waals surface area contributed by atoms with Crippen LogP contribution in [0.4, 0.5) is 0 Å². The van der Waals surface area contributed by atoms with Gasteiger partial charge in [-0.1, -0.05) is 23.7 Å². The second-order valence-electron chi connectivity index (χ2n) is 9.49. The number of hydrogen-bond acceptors (Lipinski definition) is 13. The van der Waals surface area contributed by atoms with E-state index in [1.807, 2.05) is 0 Å². The summed E-state index contributed by atoms with van der Waals surface area (Å²) < 4.78 is 38.6. The number of ether oxygens (including phenoxy) is 6. The molecule has 1 N–H and O–H groups in total. The zero-order chi connectivity index (χ0) is 31.4. The molecule has 1 aliphatic rings. The van der Waals surface area contributed by atoms with Crippen molar-refractivity contribution in [3.63, 3.8) is 0 Å². The van der Waals surface area contributed by atoms with Crippen molar-refractivity contribution in [2.75, 3.05) is 6.61 Å². The molecular formula is C29H27ClO13. The molecule has 2 heterocycles. The van der Waals surface area contributed by atoms with Crippen LogP contribution in [-0.4, -0.2) is 66.3 Å². The molecule has 14 heteroatoms. The van der Waals surface area contributed by atoms with Crippen LogP contribution in [0.5, 0.6) is 11.5 Å². The van der Waals surface area contributed by atoms with E-state index in [1.54, 1.807) is 24.3 Å². The summed E-state index contributed by atoms with van der Waals surface area (Å²) in [6, 6.07) is 8.85. The van der Waals surface area contributed by atoms with Crippen LogP contribution in [0.3, 0.4) is 0 Å². The van der Waals surface area contributed by atoms with Crippen molar-refractivity contribution >= 4 is 46.4 Å². The third-order valence-corrected chi connectivity index (χ3v) is 6.44. The summed E-state index contributed by atoms with van der Waals surface area (Å²) in [5, 5.41) is 11.2. The van der Waals surface area contributed by atoms with Crippen LogP contribution in [-0.2, 0) is 42.9 Å². The fraction of sp³-hybridized carbons (Fsp3) is 0.345. The average Bonchev–Trinajstić information content (AvgIpc) is 2.91. The van der Waals surface area contributed by atoms with Gasteiger partial charge < -0.3 is 37.9 Å². The summed E-state index contributed by atoms with van der Waals surface area (Å²) in [5.41, 5.74) is 0.105. The predicted molar refractivity (Wildman–Crippen MR) is 147 cm³/mol. The van der Waals surface area contributed by atoms with Crippen molar-refractivity contribution in [2.45, 2.75) is 58.4 Å². The van der Waals surface area contributed by atoms with Gasteiger partial charge in [0.2, 0.25) is 17.8 Å². The second-order valence-corrected chi connectivity index (χ2v) is 9.92. The minimum atomic E-state index is -1.56. The maximum Gasteiger partial charge on any atom is 0.303 e.